The molecule has 0 unspecified atom stereocenters. The van der Waals surface area contributed by atoms with Gasteiger partial charge in [0.15, 0.2) is 11.6 Å². The number of hydrogen-bond acceptors (Lipinski definition) is 4. The molecule has 160 valence electrons. The maximum Gasteiger partial charge on any atom is 0.197 e. The number of rotatable bonds is 3. The van der Waals surface area contributed by atoms with E-state index in [2.05, 4.69) is 37.3 Å². The fourth-order valence-corrected chi connectivity index (χ4v) is 5.74. The molecule has 0 saturated carbocycles. The molecule has 4 heteroatoms. The molecule has 0 aliphatic heterocycles. The first kappa shape index (κ1) is 19.9. The van der Waals surface area contributed by atoms with Crippen molar-refractivity contribution in [3.63, 3.8) is 0 Å². The summed E-state index contributed by atoms with van der Waals surface area (Å²) >= 11 is 1.65. The van der Waals surface area contributed by atoms with Crippen molar-refractivity contribution in [2.24, 2.45) is 0 Å². The fourth-order valence-electron chi connectivity index (χ4n) is 4.67. The van der Waals surface area contributed by atoms with Crippen LogP contribution in [-0.2, 0) is 6.42 Å². The highest BCUT2D eigenvalue weighted by Crippen LogP contribution is 2.39. The molecule has 3 nitrogen and oxygen atoms in total. The number of benzene rings is 3. The van der Waals surface area contributed by atoms with Crippen molar-refractivity contribution in [3.8, 4) is 10.4 Å². The van der Waals surface area contributed by atoms with Crippen molar-refractivity contribution in [3.05, 3.63) is 100 Å². The summed E-state index contributed by atoms with van der Waals surface area (Å²) in [6.07, 6.45) is 2.42. The number of ketones is 2. The molecule has 0 amide bonds. The largest absolute Gasteiger partial charge is 0.456 e. The summed E-state index contributed by atoms with van der Waals surface area (Å²) in [7, 11) is 0. The van der Waals surface area contributed by atoms with Gasteiger partial charge in [-0.15, -0.1) is 11.3 Å². The Kier molecular flexibility index (Phi) is 4.46. The van der Waals surface area contributed by atoms with Gasteiger partial charge in [0, 0.05) is 28.1 Å². The average Bonchev–Trinajstić information content (AvgIpc) is 3.45. The van der Waals surface area contributed by atoms with Gasteiger partial charge in [-0.2, -0.15) is 0 Å². The zero-order chi connectivity index (χ0) is 22.7. The number of thiophene rings is 1. The smallest absolute Gasteiger partial charge is 0.197 e. The summed E-state index contributed by atoms with van der Waals surface area (Å²) in [5.41, 5.74) is 5.23. The molecule has 0 saturated heterocycles. The summed E-state index contributed by atoms with van der Waals surface area (Å²) in [5, 5.41) is 2.40. The van der Waals surface area contributed by atoms with Gasteiger partial charge < -0.3 is 4.42 Å². The van der Waals surface area contributed by atoms with Crippen molar-refractivity contribution in [1.82, 2.24) is 0 Å². The molecule has 1 aliphatic carbocycles. The first-order valence-electron chi connectivity index (χ1n) is 11.0. The van der Waals surface area contributed by atoms with Gasteiger partial charge >= 0.3 is 0 Å². The number of carbonyl (C=O) groups is 2. The maximum absolute atomic E-state index is 13.0. The number of carbonyl (C=O) groups excluding carboxylic acids is 2. The lowest BCUT2D eigenvalue weighted by molar-refractivity contribution is 0.0990. The molecule has 0 fully saturated rings. The average molecular weight is 449 g/mol. The highest BCUT2D eigenvalue weighted by Gasteiger charge is 2.34. The molecule has 3 aromatic carbocycles. The Balaban J connectivity index is 1.38. The van der Waals surface area contributed by atoms with Gasteiger partial charge in [0.05, 0.1) is 10.3 Å². The van der Waals surface area contributed by atoms with Crippen LogP contribution in [-0.4, -0.2) is 11.6 Å². The number of allylic oxidation sites excluding steroid dienone is 1. The predicted octanol–water partition coefficient (Wildman–Crippen LogP) is 7.65. The van der Waals surface area contributed by atoms with E-state index in [0.717, 1.165) is 32.7 Å². The highest BCUT2D eigenvalue weighted by molar-refractivity contribution is 7.22. The molecule has 0 radical (unpaired) electrons. The summed E-state index contributed by atoms with van der Waals surface area (Å²) in [6.45, 7) is 4.03. The number of furan rings is 1. The highest BCUT2D eigenvalue weighted by atomic mass is 32.1. The molecule has 33 heavy (non-hydrogen) atoms. The third-order valence-electron chi connectivity index (χ3n) is 6.40. The molecular formula is C29H20O3S. The number of Topliss-reactive ketones (excluding diaryl/α,β-unsaturated/α-hetero) is 2. The van der Waals surface area contributed by atoms with Gasteiger partial charge in [0.25, 0.3) is 0 Å². The predicted molar refractivity (Wildman–Crippen MR) is 134 cm³/mol. The van der Waals surface area contributed by atoms with Crippen LogP contribution in [0.5, 0.6) is 0 Å². The molecule has 6 rings (SSSR count). The Hall–Kier alpha value is -3.76. The van der Waals surface area contributed by atoms with Gasteiger partial charge in [-0.05, 0) is 59.0 Å². The maximum atomic E-state index is 13.0. The van der Waals surface area contributed by atoms with E-state index in [1.165, 1.54) is 16.3 Å². The van der Waals surface area contributed by atoms with E-state index in [0.29, 0.717) is 16.9 Å². The molecule has 0 bridgehead atoms. The molecule has 1 aliphatic rings. The van der Waals surface area contributed by atoms with Crippen molar-refractivity contribution in [2.75, 3.05) is 0 Å². The fraction of sp³-hybridized carbons (Fsp3) is 0.103. The van der Waals surface area contributed by atoms with E-state index in [4.69, 9.17) is 4.42 Å². The second-order valence-corrected chi connectivity index (χ2v) is 9.49. The Morgan fingerprint density at radius 2 is 1.64 bits per heavy atom. The summed E-state index contributed by atoms with van der Waals surface area (Å²) in [4.78, 5) is 27.1. The van der Waals surface area contributed by atoms with Crippen LogP contribution in [0.3, 0.4) is 0 Å². The lowest BCUT2D eigenvalue weighted by Gasteiger charge is -2.04. The molecule has 0 atom stereocenters. The summed E-state index contributed by atoms with van der Waals surface area (Å²) in [5.74, 6) is 0.0792. The molecular weight excluding hydrogens is 428 g/mol. The van der Waals surface area contributed by atoms with Crippen LogP contribution < -0.4 is 0 Å². The van der Waals surface area contributed by atoms with Crippen LogP contribution >= 0.6 is 11.3 Å². The second kappa shape index (κ2) is 7.39. The van der Waals surface area contributed by atoms with Gasteiger partial charge in [-0.25, -0.2) is 0 Å². The minimum Gasteiger partial charge on any atom is -0.456 e. The Bertz CT molecular complexity index is 1610. The Morgan fingerprint density at radius 1 is 0.879 bits per heavy atom. The zero-order valence-corrected chi connectivity index (χ0v) is 19.1. The van der Waals surface area contributed by atoms with E-state index in [-0.39, 0.29) is 17.1 Å². The Labute approximate surface area is 195 Å². The van der Waals surface area contributed by atoms with Crippen molar-refractivity contribution < 1.29 is 14.0 Å². The molecule has 2 heterocycles. The molecule has 0 spiro atoms. The van der Waals surface area contributed by atoms with Crippen molar-refractivity contribution in [1.29, 1.82) is 0 Å². The number of hydrogen-bond donors (Lipinski definition) is 0. The SMILES string of the molecule is CCc1cc2c(cc1C)C(=O)/C(=C/c1cc3sc(-c4cccc5ccccc45)cc3o1)C2=O. The molecule has 2 aromatic heterocycles. The van der Waals surface area contributed by atoms with Crippen LogP contribution in [0.25, 0.3) is 37.6 Å². The number of aryl methyl sites for hydroxylation is 2. The third-order valence-corrected chi connectivity index (χ3v) is 7.50. The molecule has 0 N–H and O–H groups in total. The molecule has 5 aromatic rings. The Morgan fingerprint density at radius 3 is 2.42 bits per heavy atom. The van der Waals surface area contributed by atoms with E-state index in [9.17, 15) is 9.59 Å². The number of fused-ring (bicyclic) bond motifs is 3. The minimum absolute atomic E-state index is 0.174. The zero-order valence-electron chi connectivity index (χ0n) is 18.3. The quantitative estimate of drug-likeness (QED) is 0.210. The van der Waals surface area contributed by atoms with E-state index >= 15 is 0 Å². The van der Waals surface area contributed by atoms with Crippen LogP contribution in [0, 0.1) is 6.92 Å². The standard InChI is InChI=1S/C29H20O3S/c1-3-17-12-23-22(11-16(17)2)28(30)24(29(23)31)13-19-14-27-25(32-19)15-26(33-27)21-10-6-8-18-7-4-5-9-20(18)21/h4-15H,3H2,1-2H3/b24-13-. The minimum atomic E-state index is -0.225. The van der Waals surface area contributed by atoms with E-state index in [1.807, 2.05) is 43.3 Å². The monoisotopic (exact) mass is 448 g/mol. The van der Waals surface area contributed by atoms with Crippen LogP contribution in [0.4, 0.5) is 0 Å². The van der Waals surface area contributed by atoms with Crippen molar-refractivity contribution >= 4 is 50.0 Å². The van der Waals surface area contributed by atoms with Gasteiger partial charge in [0.1, 0.15) is 11.3 Å². The van der Waals surface area contributed by atoms with Crippen molar-refractivity contribution in [2.45, 2.75) is 20.3 Å². The van der Waals surface area contributed by atoms with Crippen LogP contribution in [0.2, 0.25) is 0 Å². The lowest BCUT2D eigenvalue weighted by Crippen LogP contribution is -1.99. The van der Waals surface area contributed by atoms with Crippen LogP contribution in [0.1, 0.15) is 44.5 Å². The normalized spacial score (nSPS) is 14.7. The summed E-state index contributed by atoms with van der Waals surface area (Å²) < 4.78 is 7.03. The van der Waals surface area contributed by atoms with Crippen LogP contribution in [0.15, 0.2) is 76.7 Å². The van der Waals surface area contributed by atoms with Gasteiger partial charge in [0.2, 0.25) is 0 Å². The lowest BCUT2D eigenvalue weighted by atomic mass is 9.99. The van der Waals surface area contributed by atoms with Gasteiger partial charge in [-0.3, -0.25) is 9.59 Å². The first-order valence-corrected chi connectivity index (χ1v) is 11.8. The summed E-state index contributed by atoms with van der Waals surface area (Å²) in [6, 6.07) is 22.3. The topological polar surface area (TPSA) is 47.3 Å². The second-order valence-electron chi connectivity index (χ2n) is 8.41. The first-order chi connectivity index (χ1) is 16.0. The van der Waals surface area contributed by atoms with E-state index < -0.39 is 0 Å². The van der Waals surface area contributed by atoms with E-state index in [1.54, 1.807) is 17.4 Å². The van der Waals surface area contributed by atoms with Gasteiger partial charge in [-0.1, -0.05) is 49.4 Å². The third kappa shape index (κ3) is 3.10.